The summed E-state index contributed by atoms with van der Waals surface area (Å²) in [6.07, 6.45) is 1.77. The molecule has 2 atom stereocenters. The number of anilines is 1. The van der Waals surface area contributed by atoms with Gasteiger partial charge in [-0.1, -0.05) is 46.1 Å². The molecule has 1 fully saturated rings. The first-order valence-corrected chi connectivity index (χ1v) is 14.6. The van der Waals surface area contributed by atoms with Crippen molar-refractivity contribution >= 4 is 86.8 Å². The fourth-order valence-electron chi connectivity index (χ4n) is 3.20. The van der Waals surface area contributed by atoms with E-state index in [9.17, 15) is 19.5 Å². The molecule has 0 radical (unpaired) electrons. The number of hydrogen-bond donors (Lipinski definition) is 3. The Balaban J connectivity index is 1.45. The van der Waals surface area contributed by atoms with E-state index in [1.54, 1.807) is 6.08 Å². The third-order valence-corrected chi connectivity index (χ3v) is 9.82. The number of nitrogens with zero attached hydrogens (tertiary/aromatic N) is 6. The van der Waals surface area contributed by atoms with Crippen molar-refractivity contribution in [2.45, 2.75) is 20.1 Å². The summed E-state index contributed by atoms with van der Waals surface area (Å²) >= 11 is 6.53. The van der Waals surface area contributed by atoms with Crippen LogP contribution < -0.4 is 11.1 Å². The molecule has 2 aromatic heterocycles. The highest BCUT2D eigenvalue weighted by Crippen LogP contribution is 2.42. The third kappa shape index (κ3) is 5.51. The molecule has 2 aliphatic heterocycles. The number of amides is 2. The van der Waals surface area contributed by atoms with E-state index in [1.807, 2.05) is 0 Å². The molecule has 0 spiro atoms. The standard InChI is InChI=1S/C18H18N8O5S5/c1-3-4-32-17-22-23-18(35-17)34-6-7-5-33-14-9(13(28)26(14)10(7)15(29)30)20-12(27)8(24-31-2)11-21-16(19)36-25-11/h3,9,14H,1,4-6H2,2H3,(H,20,27)(H,29,30)(H2,19,21,25)/t9?,14-/m0/s1. The summed E-state index contributed by atoms with van der Waals surface area (Å²) in [4.78, 5) is 47.7. The van der Waals surface area contributed by atoms with E-state index in [0.717, 1.165) is 15.9 Å². The van der Waals surface area contributed by atoms with Crippen molar-refractivity contribution in [1.29, 1.82) is 0 Å². The molecule has 13 nitrogen and oxygen atoms in total. The number of nitrogens with two attached hydrogens (primary N) is 1. The van der Waals surface area contributed by atoms with Gasteiger partial charge in [0.2, 0.25) is 11.5 Å². The van der Waals surface area contributed by atoms with Crippen molar-refractivity contribution in [2.24, 2.45) is 5.16 Å². The second-order valence-corrected chi connectivity index (χ2v) is 12.3. The molecule has 36 heavy (non-hydrogen) atoms. The topological polar surface area (TPSA) is 186 Å². The smallest absolute Gasteiger partial charge is 0.352 e. The fourth-order valence-corrected chi connectivity index (χ4v) is 7.90. The average Bonchev–Trinajstić information content (AvgIpc) is 3.50. The molecule has 0 aliphatic carbocycles. The molecule has 2 aliphatic rings. The van der Waals surface area contributed by atoms with E-state index in [1.165, 1.54) is 58.6 Å². The number of nitrogens with one attached hydrogen (secondary N) is 1. The van der Waals surface area contributed by atoms with Gasteiger partial charge in [0.25, 0.3) is 11.8 Å². The fraction of sp³-hybridized carbons (Fsp3) is 0.333. The SMILES string of the molecule is C=CCSc1nnc(SCC2=C(C(=O)O)N3C(=O)C(NC(=O)C(=NOC)c4nsc(N)n4)[C@@H]3SC2)s1. The number of carboxylic acids is 1. The van der Waals surface area contributed by atoms with E-state index >= 15 is 0 Å². The number of aliphatic carboxylic acids is 1. The summed E-state index contributed by atoms with van der Waals surface area (Å²) in [6.45, 7) is 3.67. The monoisotopic (exact) mass is 586 g/mol. The molecule has 2 aromatic rings. The van der Waals surface area contributed by atoms with Gasteiger partial charge < -0.3 is 21.0 Å². The molecule has 0 bridgehead atoms. The first-order valence-electron chi connectivity index (χ1n) is 9.95. The first kappa shape index (κ1) is 26.4. The molecule has 4 heterocycles. The van der Waals surface area contributed by atoms with Crippen molar-refractivity contribution in [3.8, 4) is 0 Å². The van der Waals surface area contributed by atoms with E-state index in [0.29, 0.717) is 27.2 Å². The van der Waals surface area contributed by atoms with Gasteiger partial charge in [-0.15, -0.1) is 28.5 Å². The van der Waals surface area contributed by atoms with Gasteiger partial charge in [0.15, 0.2) is 13.8 Å². The highest BCUT2D eigenvalue weighted by molar-refractivity contribution is 8.03. The minimum absolute atomic E-state index is 0.0371. The van der Waals surface area contributed by atoms with E-state index in [2.05, 4.69) is 36.6 Å². The predicted octanol–water partition coefficient (Wildman–Crippen LogP) is 1.13. The van der Waals surface area contributed by atoms with Gasteiger partial charge >= 0.3 is 5.97 Å². The highest BCUT2D eigenvalue weighted by Gasteiger charge is 2.54. The zero-order chi connectivity index (χ0) is 25.8. The van der Waals surface area contributed by atoms with Crippen LogP contribution in [0.1, 0.15) is 5.82 Å². The number of oxime groups is 1. The normalized spacial score (nSPS) is 19.5. The summed E-state index contributed by atoms with van der Waals surface area (Å²) in [5.74, 6) is -1.10. The average molecular weight is 587 g/mol. The second-order valence-electron chi connectivity index (χ2n) is 6.92. The van der Waals surface area contributed by atoms with Gasteiger partial charge in [-0.05, 0) is 5.57 Å². The lowest BCUT2D eigenvalue weighted by Crippen LogP contribution is -2.71. The first-order chi connectivity index (χ1) is 17.3. The Labute approximate surface area is 225 Å². The van der Waals surface area contributed by atoms with E-state index < -0.39 is 29.2 Å². The molecule has 4 rings (SSSR count). The zero-order valence-corrected chi connectivity index (χ0v) is 22.5. The summed E-state index contributed by atoms with van der Waals surface area (Å²) < 4.78 is 5.44. The maximum absolute atomic E-state index is 12.9. The van der Waals surface area contributed by atoms with Crippen LogP contribution in [0, 0.1) is 0 Å². The van der Waals surface area contributed by atoms with Gasteiger partial charge in [-0.25, -0.2) is 4.79 Å². The second kappa shape index (κ2) is 11.6. The van der Waals surface area contributed by atoms with Crippen molar-refractivity contribution in [3.63, 3.8) is 0 Å². The minimum Gasteiger partial charge on any atom is -0.477 e. The van der Waals surface area contributed by atoms with Crippen molar-refractivity contribution in [1.82, 2.24) is 29.8 Å². The Kier molecular flexibility index (Phi) is 8.50. The lowest BCUT2D eigenvalue weighted by Gasteiger charge is -2.49. The highest BCUT2D eigenvalue weighted by atomic mass is 32.2. The molecule has 1 saturated heterocycles. The summed E-state index contributed by atoms with van der Waals surface area (Å²) in [6, 6.07) is -0.948. The van der Waals surface area contributed by atoms with Crippen molar-refractivity contribution in [3.05, 3.63) is 29.7 Å². The number of aromatic nitrogens is 4. The number of carbonyl (C=O) groups is 3. The summed E-state index contributed by atoms with van der Waals surface area (Å²) in [7, 11) is 1.25. The van der Waals surface area contributed by atoms with Crippen LogP contribution in [0.4, 0.5) is 5.13 Å². The summed E-state index contributed by atoms with van der Waals surface area (Å²) in [5, 5.41) is 23.9. The molecular formula is C18H18N8O5S5. The number of nitrogen functional groups attached to an aromatic ring is 1. The number of fused-ring (bicyclic) bond motifs is 1. The molecule has 0 saturated carbocycles. The van der Waals surface area contributed by atoms with Crippen LogP contribution in [-0.2, 0) is 19.2 Å². The molecule has 4 N–H and O–H groups in total. The summed E-state index contributed by atoms with van der Waals surface area (Å²) in [5.41, 5.74) is 5.85. The Bertz CT molecular complexity index is 1260. The van der Waals surface area contributed by atoms with Crippen LogP contribution in [0.15, 0.2) is 37.8 Å². The van der Waals surface area contributed by atoms with Crippen LogP contribution in [0.25, 0.3) is 0 Å². The van der Waals surface area contributed by atoms with Crippen LogP contribution in [0.2, 0.25) is 0 Å². The van der Waals surface area contributed by atoms with Crippen molar-refractivity contribution < 1.29 is 24.3 Å². The number of β-lactam (4-membered cyclic amide) rings is 1. The molecule has 0 aromatic carbocycles. The lowest BCUT2D eigenvalue weighted by atomic mass is 10.0. The zero-order valence-electron chi connectivity index (χ0n) is 18.4. The van der Waals surface area contributed by atoms with Crippen LogP contribution in [0.5, 0.6) is 0 Å². The minimum atomic E-state index is -1.21. The van der Waals surface area contributed by atoms with E-state index in [-0.39, 0.29) is 22.4 Å². The molecule has 1 unspecified atom stereocenters. The molecule has 18 heteroatoms. The molecule has 2 amide bonds. The quantitative estimate of drug-likeness (QED) is 0.112. The number of carbonyl (C=O) groups excluding carboxylic acids is 2. The van der Waals surface area contributed by atoms with Gasteiger partial charge in [0.05, 0.1) is 0 Å². The lowest BCUT2D eigenvalue weighted by molar-refractivity contribution is -0.150. The van der Waals surface area contributed by atoms with Crippen LogP contribution >= 0.6 is 58.2 Å². The Morgan fingerprint density at radius 2 is 2.14 bits per heavy atom. The van der Waals surface area contributed by atoms with Gasteiger partial charge in [0, 0.05) is 28.8 Å². The number of carboxylic acid groups (broad SMARTS) is 1. The van der Waals surface area contributed by atoms with E-state index in [4.69, 9.17) is 10.6 Å². The van der Waals surface area contributed by atoms with Crippen LogP contribution in [-0.4, -0.2) is 88.8 Å². The number of rotatable bonds is 11. The Hall–Kier alpha value is -2.67. The Morgan fingerprint density at radius 1 is 1.39 bits per heavy atom. The van der Waals surface area contributed by atoms with Gasteiger partial charge in [-0.3, -0.25) is 14.5 Å². The number of thioether (sulfide) groups is 3. The molecular weight excluding hydrogens is 569 g/mol. The predicted molar refractivity (Wildman–Crippen MR) is 139 cm³/mol. The third-order valence-electron chi connectivity index (χ3n) is 4.67. The van der Waals surface area contributed by atoms with Gasteiger partial charge in [-0.2, -0.15) is 9.36 Å². The number of hydrogen-bond acceptors (Lipinski definition) is 15. The van der Waals surface area contributed by atoms with Gasteiger partial charge in [0.1, 0.15) is 24.2 Å². The Morgan fingerprint density at radius 3 is 2.78 bits per heavy atom. The largest absolute Gasteiger partial charge is 0.477 e. The maximum Gasteiger partial charge on any atom is 0.352 e. The van der Waals surface area contributed by atoms with Crippen LogP contribution in [0.3, 0.4) is 0 Å². The maximum atomic E-state index is 12.9. The molecule has 190 valence electrons. The van der Waals surface area contributed by atoms with Crippen molar-refractivity contribution in [2.75, 3.05) is 30.1 Å².